The fourth-order valence-corrected chi connectivity index (χ4v) is 0.511. The maximum atomic E-state index is 9.73. The number of hydrogen-bond donors (Lipinski definition) is 0. The SMILES string of the molecule is C/C=C/CCC=CC=O. The van der Waals surface area contributed by atoms with E-state index in [-0.39, 0.29) is 0 Å². The van der Waals surface area contributed by atoms with Gasteiger partial charge in [0.1, 0.15) is 6.29 Å². The van der Waals surface area contributed by atoms with Gasteiger partial charge in [-0.15, -0.1) is 0 Å². The highest BCUT2D eigenvalue weighted by molar-refractivity contribution is 5.64. The van der Waals surface area contributed by atoms with Gasteiger partial charge in [0.2, 0.25) is 0 Å². The van der Waals surface area contributed by atoms with Crippen molar-refractivity contribution in [2.75, 3.05) is 0 Å². The molecule has 0 atom stereocenters. The maximum Gasteiger partial charge on any atom is 0.142 e. The Bertz CT molecular complexity index is 112. The Morgan fingerprint density at radius 3 is 2.44 bits per heavy atom. The van der Waals surface area contributed by atoms with Gasteiger partial charge in [-0.2, -0.15) is 0 Å². The summed E-state index contributed by atoms with van der Waals surface area (Å²) < 4.78 is 0. The molecule has 50 valence electrons. The van der Waals surface area contributed by atoms with Crippen molar-refractivity contribution < 1.29 is 4.79 Å². The van der Waals surface area contributed by atoms with Crippen molar-refractivity contribution in [1.29, 1.82) is 0 Å². The third-order valence-corrected chi connectivity index (χ3v) is 0.950. The molecule has 1 heteroatoms. The predicted octanol–water partition coefficient (Wildman–Crippen LogP) is 2.10. The van der Waals surface area contributed by atoms with Crippen molar-refractivity contribution in [3.05, 3.63) is 24.3 Å². The first kappa shape index (κ1) is 8.15. The Balaban J connectivity index is 3.08. The summed E-state index contributed by atoms with van der Waals surface area (Å²) in [5.74, 6) is 0. The summed E-state index contributed by atoms with van der Waals surface area (Å²) in [5.41, 5.74) is 0. The van der Waals surface area contributed by atoms with Crippen molar-refractivity contribution in [2.45, 2.75) is 19.8 Å². The van der Waals surface area contributed by atoms with Gasteiger partial charge in [0.05, 0.1) is 0 Å². The molecule has 0 aliphatic carbocycles. The molecule has 0 aromatic carbocycles. The summed E-state index contributed by atoms with van der Waals surface area (Å²) in [6.07, 6.45) is 10.3. The quantitative estimate of drug-likeness (QED) is 0.243. The first-order chi connectivity index (χ1) is 4.41. The Hall–Kier alpha value is -0.850. The van der Waals surface area contributed by atoms with Crippen molar-refractivity contribution in [3.63, 3.8) is 0 Å². The van der Waals surface area contributed by atoms with Crippen LogP contribution in [0, 0.1) is 0 Å². The first-order valence-electron chi connectivity index (χ1n) is 3.13. The molecule has 0 aliphatic rings. The van der Waals surface area contributed by atoms with Crippen LogP contribution in [0.15, 0.2) is 24.3 Å². The zero-order valence-corrected chi connectivity index (χ0v) is 5.71. The van der Waals surface area contributed by atoms with E-state index in [0.29, 0.717) is 0 Å². The van der Waals surface area contributed by atoms with Crippen LogP contribution < -0.4 is 0 Å². The summed E-state index contributed by atoms with van der Waals surface area (Å²) in [4.78, 5) is 9.73. The van der Waals surface area contributed by atoms with Gasteiger partial charge in [-0.1, -0.05) is 18.2 Å². The van der Waals surface area contributed by atoms with Crippen LogP contribution >= 0.6 is 0 Å². The smallest absolute Gasteiger partial charge is 0.142 e. The molecule has 9 heavy (non-hydrogen) atoms. The summed E-state index contributed by atoms with van der Waals surface area (Å²) >= 11 is 0. The fraction of sp³-hybridized carbons (Fsp3) is 0.375. The summed E-state index contributed by atoms with van der Waals surface area (Å²) in [6, 6.07) is 0. The second kappa shape index (κ2) is 7.15. The Kier molecular flexibility index (Phi) is 6.47. The van der Waals surface area contributed by atoms with Crippen LogP contribution in [0.4, 0.5) is 0 Å². The van der Waals surface area contributed by atoms with E-state index in [0.717, 1.165) is 19.1 Å². The standard InChI is InChI=1S/C8H12O/c1-2-3-4-5-6-7-8-9/h2-3,6-8H,4-5H2,1H3/b3-2+,7-6?. The Labute approximate surface area is 56.1 Å². The zero-order chi connectivity index (χ0) is 6.95. The van der Waals surface area contributed by atoms with Gasteiger partial charge in [-0.05, 0) is 25.8 Å². The largest absolute Gasteiger partial charge is 0.299 e. The number of rotatable bonds is 4. The minimum Gasteiger partial charge on any atom is -0.299 e. The number of allylic oxidation sites excluding steroid dienone is 4. The van der Waals surface area contributed by atoms with E-state index >= 15 is 0 Å². The molecule has 1 nitrogen and oxygen atoms in total. The number of carbonyl (C=O) groups excluding carboxylic acids is 1. The average Bonchev–Trinajstić information content (AvgIpc) is 1.89. The highest BCUT2D eigenvalue weighted by Crippen LogP contribution is 1.90. The molecule has 0 saturated carbocycles. The molecule has 0 fully saturated rings. The van der Waals surface area contributed by atoms with Gasteiger partial charge in [0.15, 0.2) is 0 Å². The normalized spacial score (nSPS) is 11.2. The van der Waals surface area contributed by atoms with Gasteiger partial charge < -0.3 is 0 Å². The van der Waals surface area contributed by atoms with E-state index in [1.807, 2.05) is 19.1 Å². The first-order valence-corrected chi connectivity index (χ1v) is 3.13. The monoisotopic (exact) mass is 124 g/mol. The minimum absolute atomic E-state index is 0.801. The fourth-order valence-electron chi connectivity index (χ4n) is 0.511. The van der Waals surface area contributed by atoms with E-state index in [2.05, 4.69) is 6.08 Å². The van der Waals surface area contributed by atoms with E-state index in [1.165, 1.54) is 6.08 Å². The second-order valence-corrected chi connectivity index (χ2v) is 1.71. The van der Waals surface area contributed by atoms with Crippen molar-refractivity contribution in [2.24, 2.45) is 0 Å². The molecule has 0 aromatic rings. The van der Waals surface area contributed by atoms with E-state index in [1.54, 1.807) is 0 Å². The average molecular weight is 124 g/mol. The van der Waals surface area contributed by atoms with Gasteiger partial charge in [0, 0.05) is 0 Å². The highest BCUT2D eigenvalue weighted by Gasteiger charge is 1.72. The topological polar surface area (TPSA) is 17.1 Å². The maximum absolute atomic E-state index is 9.73. The Morgan fingerprint density at radius 2 is 1.89 bits per heavy atom. The molecule has 0 aromatic heterocycles. The van der Waals surface area contributed by atoms with Crippen LogP contribution in [0.2, 0.25) is 0 Å². The van der Waals surface area contributed by atoms with Crippen molar-refractivity contribution >= 4 is 6.29 Å². The molecular formula is C8H12O. The Morgan fingerprint density at radius 1 is 1.22 bits per heavy atom. The van der Waals surface area contributed by atoms with Gasteiger partial charge >= 0.3 is 0 Å². The lowest BCUT2D eigenvalue weighted by atomic mass is 10.3. The molecule has 0 heterocycles. The molecule has 0 saturated heterocycles. The molecular weight excluding hydrogens is 112 g/mol. The summed E-state index contributed by atoms with van der Waals surface area (Å²) in [7, 11) is 0. The number of aldehydes is 1. The van der Waals surface area contributed by atoms with E-state index in [9.17, 15) is 4.79 Å². The third kappa shape index (κ3) is 7.15. The minimum atomic E-state index is 0.801. The predicted molar refractivity (Wildman–Crippen MR) is 39.3 cm³/mol. The number of unbranched alkanes of at least 4 members (excludes halogenated alkanes) is 1. The van der Waals surface area contributed by atoms with Gasteiger partial charge in [-0.3, -0.25) is 4.79 Å². The lowest BCUT2D eigenvalue weighted by molar-refractivity contribution is -0.104. The van der Waals surface area contributed by atoms with E-state index in [4.69, 9.17) is 0 Å². The molecule has 0 spiro atoms. The number of hydrogen-bond acceptors (Lipinski definition) is 1. The van der Waals surface area contributed by atoms with Crippen LogP contribution in [0.25, 0.3) is 0 Å². The van der Waals surface area contributed by atoms with Crippen molar-refractivity contribution in [3.8, 4) is 0 Å². The molecule has 0 unspecified atom stereocenters. The number of carbonyl (C=O) groups is 1. The summed E-state index contributed by atoms with van der Waals surface area (Å²) in [5, 5.41) is 0. The van der Waals surface area contributed by atoms with Crippen LogP contribution in [0.3, 0.4) is 0 Å². The molecule has 0 rings (SSSR count). The molecule has 0 amide bonds. The van der Waals surface area contributed by atoms with Crippen molar-refractivity contribution in [1.82, 2.24) is 0 Å². The highest BCUT2D eigenvalue weighted by atomic mass is 16.1. The molecule has 0 bridgehead atoms. The van der Waals surface area contributed by atoms with Gasteiger partial charge in [-0.25, -0.2) is 0 Å². The zero-order valence-electron chi connectivity index (χ0n) is 5.71. The van der Waals surface area contributed by atoms with Crippen LogP contribution in [-0.2, 0) is 4.79 Å². The third-order valence-electron chi connectivity index (χ3n) is 0.950. The second-order valence-electron chi connectivity index (χ2n) is 1.71. The van der Waals surface area contributed by atoms with E-state index < -0.39 is 0 Å². The lowest BCUT2D eigenvalue weighted by Gasteiger charge is -1.81. The lowest BCUT2D eigenvalue weighted by Crippen LogP contribution is -1.64. The molecule has 0 N–H and O–H groups in total. The summed E-state index contributed by atoms with van der Waals surface area (Å²) in [6.45, 7) is 1.99. The van der Waals surface area contributed by atoms with Crippen LogP contribution in [-0.4, -0.2) is 6.29 Å². The molecule has 0 aliphatic heterocycles. The van der Waals surface area contributed by atoms with Gasteiger partial charge in [0.25, 0.3) is 0 Å². The van der Waals surface area contributed by atoms with Crippen LogP contribution in [0.5, 0.6) is 0 Å². The van der Waals surface area contributed by atoms with Crippen LogP contribution in [0.1, 0.15) is 19.8 Å². The molecule has 0 radical (unpaired) electrons.